The fourth-order valence-corrected chi connectivity index (χ4v) is 5.34. The van der Waals surface area contributed by atoms with Crippen molar-refractivity contribution in [2.75, 3.05) is 40.0 Å². The summed E-state index contributed by atoms with van der Waals surface area (Å²) in [4.78, 5) is 19.1. The highest BCUT2D eigenvalue weighted by molar-refractivity contribution is 7.93. The molecular weight excluding hydrogens is 469 g/mol. The van der Waals surface area contributed by atoms with Crippen molar-refractivity contribution in [2.24, 2.45) is 5.92 Å². The lowest BCUT2D eigenvalue weighted by Gasteiger charge is -2.31. The molecule has 1 aromatic carbocycles. The van der Waals surface area contributed by atoms with Gasteiger partial charge < -0.3 is 19.1 Å². The summed E-state index contributed by atoms with van der Waals surface area (Å²) in [5.74, 6) is 0.721. The van der Waals surface area contributed by atoms with Crippen LogP contribution in [0, 0.1) is 11.7 Å². The van der Waals surface area contributed by atoms with Gasteiger partial charge in [0.25, 0.3) is 0 Å². The fraction of sp³-hybridized carbons (Fsp3) is 0.500. The summed E-state index contributed by atoms with van der Waals surface area (Å²) in [6, 6.07) is 8.91. The van der Waals surface area contributed by atoms with Gasteiger partial charge in [-0.05, 0) is 74.5 Å². The average Bonchev–Trinajstić information content (AvgIpc) is 2.86. The number of ether oxygens (including phenoxy) is 3. The Balaban J connectivity index is 1.52. The first-order valence-corrected chi connectivity index (χ1v) is 13.5. The molecule has 0 bridgehead atoms. The van der Waals surface area contributed by atoms with Crippen LogP contribution in [0.25, 0.3) is 11.3 Å². The van der Waals surface area contributed by atoms with Crippen LogP contribution in [0.15, 0.2) is 41.4 Å². The maximum atomic E-state index is 14.9. The van der Waals surface area contributed by atoms with Crippen LogP contribution in [0.1, 0.15) is 33.6 Å². The van der Waals surface area contributed by atoms with Crippen molar-refractivity contribution in [3.63, 3.8) is 0 Å². The summed E-state index contributed by atoms with van der Waals surface area (Å²) in [6.45, 7) is 8.90. The Hall–Kier alpha value is -2.49. The number of hydrogen-bond donors (Lipinski definition) is 1. The lowest BCUT2D eigenvalue weighted by molar-refractivity contribution is 0.0608. The first-order valence-electron chi connectivity index (χ1n) is 12.1. The van der Waals surface area contributed by atoms with E-state index in [4.69, 9.17) is 14.2 Å². The number of benzene rings is 1. The van der Waals surface area contributed by atoms with Crippen molar-refractivity contribution in [3.8, 4) is 17.0 Å². The molecule has 1 amide bonds. The third kappa shape index (κ3) is 8.02. The zero-order chi connectivity index (χ0) is 25.2. The molecule has 0 aliphatic carbocycles. The van der Waals surface area contributed by atoms with E-state index in [9.17, 15) is 9.18 Å². The normalized spacial score (nSPS) is 15.4. The number of rotatable bonds is 10. The van der Waals surface area contributed by atoms with E-state index in [1.807, 2.05) is 32.9 Å². The molecule has 0 saturated carbocycles. The Kier molecular flexibility index (Phi) is 10.5. The first-order chi connectivity index (χ1) is 16.9. The molecule has 2 aromatic rings. The molecule has 1 fully saturated rings. The number of methoxy groups -OCH3 is 1. The van der Waals surface area contributed by atoms with Gasteiger partial charge in [0.1, 0.15) is 16.5 Å². The lowest BCUT2D eigenvalue weighted by atomic mass is 9.98. The first kappa shape index (κ1) is 27.1. The number of aromatic nitrogens is 1. The van der Waals surface area contributed by atoms with Crippen molar-refractivity contribution in [3.05, 3.63) is 42.3 Å². The number of piperidine rings is 1. The van der Waals surface area contributed by atoms with E-state index in [0.29, 0.717) is 55.8 Å². The number of thiol groups is 1. The van der Waals surface area contributed by atoms with Gasteiger partial charge in [0.2, 0.25) is 0 Å². The number of pyridine rings is 1. The van der Waals surface area contributed by atoms with E-state index >= 15 is 0 Å². The van der Waals surface area contributed by atoms with Gasteiger partial charge in [0, 0.05) is 31.8 Å². The molecule has 2 heterocycles. The molecule has 0 spiro atoms. The molecule has 0 radical (unpaired) electrons. The highest BCUT2D eigenvalue weighted by Crippen LogP contribution is 2.25. The summed E-state index contributed by atoms with van der Waals surface area (Å²) >= 11 is 0. The van der Waals surface area contributed by atoms with Crippen LogP contribution in [-0.4, -0.2) is 67.4 Å². The number of hydrogen-bond acceptors (Lipinski definition) is 6. The van der Waals surface area contributed by atoms with Crippen LogP contribution >= 0.6 is 0 Å². The Labute approximate surface area is 210 Å². The van der Waals surface area contributed by atoms with Crippen molar-refractivity contribution in [2.45, 2.75) is 44.6 Å². The van der Waals surface area contributed by atoms with Gasteiger partial charge in [-0.2, -0.15) is 4.72 Å². The molecule has 1 aliphatic heterocycles. The Morgan fingerprint density at radius 1 is 1.29 bits per heavy atom. The highest BCUT2D eigenvalue weighted by atomic mass is 32.2. The predicted octanol–water partition coefficient (Wildman–Crippen LogP) is 4.21. The summed E-state index contributed by atoms with van der Waals surface area (Å²) in [7, 11) is 0.907. The minimum atomic E-state index is -0.754. The van der Waals surface area contributed by atoms with Crippen LogP contribution in [0.2, 0.25) is 0 Å². The van der Waals surface area contributed by atoms with Crippen LogP contribution in [0.4, 0.5) is 9.18 Å². The van der Waals surface area contributed by atoms with Crippen LogP contribution < -0.4 is 9.46 Å². The van der Waals surface area contributed by atoms with E-state index in [2.05, 4.69) is 15.1 Å². The third-order valence-corrected chi connectivity index (χ3v) is 7.70. The Morgan fingerprint density at radius 3 is 2.66 bits per heavy atom. The minimum Gasteiger partial charge on any atom is -0.492 e. The maximum absolute atomic E-state index is 14.9. The van der Waals surface area contributed by atoms with Crippen molar-refractivity contribution < 1.29 is 23.4 Å². The number of amides is 1. The van der Waals surface area contributed by atoms with Gasteiger partial charge in [0.15, 0.2) is 0 Å². The van der Waals surface area contributed by atoms with Gasteiger partial charge in [-0.25, -0.2) is 9.18 Å². The fourth-order valence-electron chi connectivity index (χ4n) is 3.86. The molecule has 7 nitrogen and oxygen atoms in total. The second-order valence-corrected chi connectivity index (χ2v) is 10.8. The SMILES string of the molecule is CC=[SH+](NCCOC)c1ccc(-c2ccc(OCC3CCN(C(=O)OC(C)C)CC3)cn2)c(F)c1. The highest BCUT2D eigenvalue weighted by Gasteiger charge is 2.24. The predicted molar refractivity (Wildman–Crippen MR) is 140 cm³/mol. The molecule has 1 N–H and O–H groups in total. The number of halogens is 1. The summed E-state index contributed by atoms with van der Waals surface area (Å²) < 4.78 is 34.6. The smallest absolute Gasteiger partial charge is 0.410 e. The average molecular weight is 507 g/mol. The van der Waals surface area contributed by atoms with E-state index in [0.717, 1.165) is 17.7 Å². The number of carbonyl (C=O) groups excluding carboxylic acids is 1. The molecule has 1 saturated heterocycles. The molecule has 35 heavy (non-hydrogen) atoms. The van der Waals surface area contributed by atoms with Crippen molar-refractivity contribution in [1.82, 2.24) is 14.6 Å². The number of carbonyl (C=O) groups is 1. The van der Waals surface area contributed by atoms with Gasteiger partial charge in [-0.15, -0.1) is 0 Å². The van der Waals surface area contributed by atoms with Gasteiger partial charge in [-0.3, -0.25) is 4.98 Å². The summed E-state index contributed by atoms with van der Waals surface area (Å²) in [5.41, 5.74) is 1.03. The van der Waals surface area contributed by atoms with Crippen LogP contribution in [0.3, 0.4) is 0 Å². The van der Waals surface area contributed by atoms with Crippen molar-refractivity contribution >= 4 is 22.1 Å². The van der Waals surface area contributed by atoms with E-state index in [1.165, 1.54) is 0 Å². The number of likely N-dealkylation sites (tertiary alicyclic amines) is 1. The molecular formula is C26H37FN3O4S+. The molecule has 1 atom stereocenters. The molecule has 1 aromatic heterocycles. The summed E-state index contributed by atoms with van der Waals surface area (Å²) in [5, 5.41) is 2.06. The van der Waals surface area contributed by atoms with Gasteiger partial charge in [0.05, 0.1) is 43.1 Å². The standard InChI is InChI=1S/C26H36FN3O4S/c1-5-35(29-12-15-32-4)22-7-8-23(24(27)16-22)25-9-6-21(17-28-25)33-18-20-10-13-30(14-11-20)26(31)34-19(2)3/h5-9,16-17,19-20,29H,10-15,18H2,1-4H3/p+1. The maximum Gasteiger partial charge on any atom is 0.410 e. The second-order valence-electron chi connectivity index (χ2n) is 8.75. The Morgan fingerprint density at radius 2 is 2.06 bits per heavy atom. The second kappa shape index (κ2) is 13.6. The third-order valence-electron chi connectivity index (χ3n) is 5.78. The molecule has 9 heteroatoms. The lowest BCUT2D eigenvalue weighted by Crippen LogP contribution is -2.40. The van der Waals surface area contributed by atoms with Crippen LogP contribution in [-0.2, 0) is 20.1 Å². The molecule has 192 valence electrons. The van der Waals surface area contributed by atoms with E-state index in [1.54, 1.807) is 36.4 Å². The largest absolute Gasteiger partial charge is 0.492 e. The topological polar surface area (TPSA) is 72.9 Å². The van der Waals surface area contributed by atoms with E-state index < -0.39 is 10.7 Å². The quantitative estimate of drug-likeness (QED) is 0.225. The monoisotopic (exact) mass is 506 g/mol. The van der Waals surface area contributed by atoms with Gasteiger partial charge in [-0.1, -0.05) is 0 Å². The van der Waals surface area contributed by atoms with Crippen molar-refractivity contribution in [1.29, 1.82) is 0 Å². The minimum absolute atomic E-state index is 0.110. The molecule has 1 unspecified atom stereocenters. The Bertz CT molecular complexity index is 993. The molecule has 1 aliphatic rings. The zero-order valence-corrected chi connectivity index (χ0v) is 21.9. The molecule has 3 rings (SSSR count). The number of nitrogens with one attached hydrogen (secondary N) is 1. The van der Waals surface area contributed by atoms with E-state index in [-0.39, 0.29) is 18.0 Å². The zero-order valence-electron chi connectivity index (χ0n) is 21.0. The van der Waals surface area contributed by atoms with Crippen LogP contribution in [0.5, 0.6) is 5.75 Å². The van der Waals surface area contributed by atoms with Gasteiger partial charge >= 0.3 is 6.09 Å². The summed E-state index contributed by atoms with van der Waals surface area (Å²) in [6.07, 6.45) is 3.02. The number of nitrogens with zero attached hydrogens (tertiary/aromatic N) is 2.